The number of rotatable bonds is 4. The first-order chi connectivity index (χ1) is 6.65. The fourth-order valence-electron chi connectivity index (χ4n) is 1.14. The van der Waals surface area contributed by atoms with Gasteiger partial charge < -0.3 is 4.90 Å². The summed E-state index contributed by atoms with van der Waals surface area (Å²) in [6.07, 6.45) is 0. The van der Waals surface area contributed by atoms with Gasteiger partial charge in [0, 0.05) is 25.3 Å². The topological polar surface area (TPSA) is 58.4 Å². The lowest BCUT2D eigenvalue weighted by atomic mass is 10.1. The summed E-state index contributed by atoms with van der Waals surface area (Å²) in [6.45, 7) is 0.168. The van der Waals surface area contributed by atoms with Crippen molar-refractivity contribution in [3.63, 3.8) is 0 Å². The van der Waals surface area contributed by atoms with Crippen LogP contribution in [0, 0.1) is 0 Å². The van der Waals surface area contributed by atoms with Gasteiger partial charge in [0.2, 0.25) is 0 Å². The zero-order chi connectivity index (χ0) is 10.6. The molecule has 4 heteroatoms. The number of anilines is 1. The monoisotopic (exact) mass is 193 g/mol. The van der Waals surface area contributed by atoms with E-state index in [1.165, 1.54) is 0 Å². The molecule has 0 spiro atoms. The minimum atomic E-state index is -0.00203. The Kier molecular flexibility index (Phi) is 3.62. The normalized spacial score (nSPS) is 9.93. The van der Waals surface area contributed by atoms with Crippen molar-refractivity contribution in [3.8, 4) is 0 Å². The number of carbonyl (C=O) groups excluding carboxylic acids is 1. The molecule has 0 unspecified atom stereocenters. The summed E-state index contributed by atoms with van der Waals surface area (Å²) in [5, 5.41) is 0. The first kappa shape index (κ1) is 10.7. The van der Waals surface area contributed by atoms with Gasteiger partial charge in [-0.3, -0.25) is 16.1 Å². The van der Waals surface area contributed by atoms with Gasteiger partial charge in [0.1, 0.15) is 0 Å². The molecule has 1 aromatic carbocycles. The highest BCUT2D eigenvalue weighted by Gasteiger charge is 2.04. The van der Waals surface area contributed by atoms with E-state index in [9.17, 15) is 4.79 Å². The van der Waals surface area contributed by atoms with Crippen molar-refractivity contribution in [2.75, 3.05) is 25.5 Å². The predicted octanol–water partition coefficient (Wildman–Crippen LogP) is 0.399. The maximum absolute atomic E-state index is 11.4. The second kappa shape index (κ2) is 4.74. The van der Waals surface area contributed by atoms with E-state index in [1.54, 1.807) is 12.1 Å². The predicted molar refractivity (Wildman–Crippen MR) is 57.3 cm³/mol. The summed E-state index contributed by atoms with van der Waals surface area (Å²) >= 11 is 0. The number of carbonyl (C=O) groups is 1. The van der Waals surface area contributed by atoms with Crippen molar-refractivity contribution in [2.24, 2.45) is 5.84 Å². The zero-order valence-corrected chi connectivity index (χ0v) is 8.45. The van der Waals surface area contributed by atoms with E-state index in [2.05, 4.69) is 5.43 Å². The average molecular weight is 193 g/mol. The standard InChI is InChI=1S/C10H15N3O/c1-13(2)9-5-3-8(4-6-9)10(14)7-12-11/h3-6,12H,7,11H2,1-2H3. The Morgan fingerprint density at radius 3 is 2.36 bits per heavy atom. The molecule has 0 aliphatic rings. The van der Waals surface area contributed by atoms with Crippen LogP contribution in [0.3, 0.4) is 0 Å². The second-order valence-electron chi connectivity index (χ2n) is 3.25. The smallest absolute Gasteiger partial charge is 0.177 e. The molecule has 0 amide bonds. The molecule has 0 aromatic heterocycles. The van der Waals surface area contributed by atoms with Crippen LogP contribution in [0.15, 0.2) is 24.3 Å². The average Bonchev–Trinajstić information content (AvgIpc) is 2.18. The van der Waals surface area contributed by atoms with Gasteiger partial charge in [-0.2, -0.15) is 0 Å². The Bertz CT molecular complexity index is 306. The number of Topliss-reactive ketones (excluding diaryl/α,β-unsaturated/α-hetero) is 1. The molecule has 4 nitrogen and oxygen atoms in total. The van der Waals surface area contributed by atoms with Crippen LogP contribution in [-0.4, -0.2) is 26.4 Å². The Hall–Kier alpha value is -1.39. The van der Waals surface area contributed by atoms with Gasteiger partial charge in [0.15, 0.2) is 5.78 Å². The molecule has 0 fully saturated rings. The minimum Gasteiger partial charge on any atom is -0.378 e. The minimum absolute atomic E-state index is 0.00203. The van der Waals surface area contributed by atoms with E-state index >= 15 is 0 Å². The van der Waals surface area contributed by atoms with Gasteiger partial charge in [-0.15, -0.1) is 0 Å². The van der Waals surface area contributed by atoms with E-state index in [4.69, 9.17) is 5.84 Å². The molecular formula is C10H15N3O. The fraction of sp³-hybridized carbons (Fsp3) is 0.300. The number of ketones is 1. The lowest BCUT2D eigenvalue weighted by molar-refractivity contribution is 0.0991. The molecule has 0 aliphatic heterocycles. The summed E-state index contributed by atoms with van der Waals surface area (Å²) in [5.41, 5.74) is 4.09. The van der Waals surface area contributed by atoms with E-state index < -0.39 is 0 Å². The summed E-state index contributed by atoms with van der Waals surface area (Å²) in [4.78, 5) is 13.4. The van der Waals surface area contributed by atoms with Crippen molar-refractivity contribution >= 4 is 11.5 Å². The molecule has 14 heavy (non-hydrogen) atoms. The summed E-state index contributed by atoms with van der Waals surface area (Å²) in [5.74, 6) is 5.06. The Labute approximate surface area is 83.7 Å². The Balaban J connectivity index is 2.78. The molecule has 0 saturated heterocycles. The SMILES string of the molecule is CN(C)c1ccc(C(=O)CNN)cc1. The highest BCUT2D eigenvalue weighted by molar-refractivity contribution is 5.97. The molecule has 0 bridgehead atoms. The second-order valence-corrected chi connectivity index (χ2v) is 3.25. The fourth-order valence-corrected chi connectivity index (χ4v) is 1.14. The summed E-state index contributed by atoms with van der Waals surface area (Å²) < 4.78 is 0. The van der Waals surface area contributed by atoms with Crippen LogP contribution < -0.4 is 16.2 Å². The third-order valence-electron chi connectivity index (χ3n) is 1.97. The molecular weight excluding hydrogens is 178 g/mol. The van der Waals surface area contributed by atoms with Crippen LogP contribution in [0.5, 0.6) is 0 Å². The van der Waals surface area contributed by atoms with Gasteiger partial charge in [-0.25, -0.2) is 0 Å². The van der Waals surface area contributed by atoms with Gasteiger partial charge in [-0.1, -0.05) is 0 Å². The van der Waals surface area contributed by atoms with Gasteiger partial charge in [0.05, 0.1) is 6.54 Å². The van der Waals surface area contributed by atoms with Crippen LogP contribution in [0.1, 0.15) is 10.4 Å². The highest BCUT2D eigenvalue weighted by Crippen LogP contribution is 2.12. The molecule has 76 valence electrons. The maximum atomic E-state index is 11.4. The number of hydrogen-bond acceptors (Lipinski definition) is 4. The molecule has 1 rings (SSSR count). The maximum Gasteiger partial charge on any atom is 0.177 e. The van der Waals surface area contributed by atoms with Crippen LogP contribution in [0.4, 0.5) is 5.69 Å². The third-order valence-corrected chi connectivity index (χ3v) is 1.97. The van der Waals surface area contributed by atoms with Crippen molar-refractivity contribution in [2.45, 2.75) is 0 Å². The molecule has 0 aliphatic carbocycles. The Morgan fingerprint density at radius 1 is 1.36 bits per heavy atom. The van der Waals surface area contributed by atoms with Crippen molar-refractivity contribution < 1.29 is 4.79 Å². The zero-order valence-electron chi connectivity index (χ0n) is 8.45. The molecule has 0 saturated carbocycles. The summed E-state index contributed by atoms with van der Waals surface area (Å²) in [6, 6.07) is 7.41. The van der Waals surface area contributed by atoms with Crippen LogP contribution in [0.25, 0.3) is 0 Å². The number of benzene rings is 1. The van der Waals surface area contributed by atoms with Crippen molar-refractivity contribution in [1.29, 1.82) is 0 Å². The molecule has 3 N–H and O–H groups in total. The van der Waals surface area contributed by atoms with E-state index in [-0.39, 0.29) is 12.3 Å². The first-order valence-electron chi connectivity index (χ1n) is 4.39. The number of hydrazine groups is 1. The molecule has 1 aromatic rings. The van der Waals surface area contributed by atoms with E-state index in [0.29, 0.717) is 5.56 Å². The van der Waals surface area contributed by atoms with E-state index in [1.807, 2.05) is 31.1 Å². The number of nitrogens with two attached hydrogens (primary N) is 1. The van der Waals surface area contributed by atoms with Gasteiger partial charge >= 0.3 is 0 Å². The van der Waals surface area contributed by atoms with Crippen molar-refractivity contribution in [3.05, 3.63) is 29.8 Å². The lowest BCUT2D eigenvalue weighted by Crippen LogP contribution is -2.28. The molecule has 0 heterocycles. The van der Waals surface area contributed by atoms with Gasteiger partial charge in [0.25, 0.3) is 0 Å². The van der Waals surface area contributed by atoms with Gasteiger partial charge in [-0.05, 0) is 24.3 Å². The Morgan fingerprint density at radius 2 is 1.93 bits per heavy atom. The molecule has 0 atom stereocenters. The lowest BCUT2D eigenvalue weighted by Gasteiger charge is -2.12. The van der Waals surface area contributed by atoms with Crippen molar-refractivity contribution in [1.82, 2.24) is 5.43 Å². The largest absolute Gasteiger partial charge is 0.378 e. The summed E-state index contributed by atoms with van der Waals surface area (Å²) in [7, 11) is 3.91. The first-order valence-corrected chi connectivity index (χ1v) is 4.39. The molecule has 0 radical (unpaired) electrons. The van der Waals surface area contributed by atoms with Crippen LogP contribution >= 0.6 is 0 Å². The third kappa shape index (κ3) is 2.55. The van der Waals surface area contributed by atoms with E-state index in [0.717, 1.165) is 5.69 Å². The van der Waals surface area contributed by atoms with Crippen LogP contribution in [0.2, 0.25) is 0 Å². The number of nitrogens with zero attached hydrogens (tertiary/aromatic N) is 1. The number of nitrogens with one attached hydrogen (secondary N) is 1. The van der Waals surface area contributed by atoms with Crippen LogP contribution in [-0.2, 0) is 0 Å². The number of hydrogen-bond donors (Lipinski definition) is 2. The quantitative estimate of drug-likeness (QED) is 0.413. The highest BCUT2D eigenvalue weighted by atomic mass is 16.1.